The van der Waals surface area contributed by atoms with Crippen LogP contribution in [0.4, 0.5) is 0 Å². The summed E-state index contributed by atoms with van der Waals surface area (Å²) in [5, 5.41) is 11.3. The summed E-state index contributed by atoms with van der Waals surface area (Å²) in [5.41, 5.74) is 1.01. The van der Waals surface area contributed by atoms with Gasteiger partial charge in [-0.25, -0.2) is 8.42 Å². The predicted molar refractivity (Wildman–Crippen MR) is 140 cm³/mol. The second-order valence-corrected chi connectivity index (χ2v) is 12.0. The van der Waals surface area contributed by atoms with Crippen LogP contribution in [-0.2, 0) is 27.7 Å². The minimum atomic E-state index is -3.12. The number of carbonyl (C=O) groups is 2. The number of amides is 2. The molecule has 0 saturated carbocycles. The molecule has 11 heteroatoms. The van der Waals surface area contributed by atoms with Gasteiger partial charge in [-0.2, -0.15) is 5.26 Å². The van der Waals surface area contributed by atoms with Gasteiger partial charge in [-0.3, -0.25) is 14.4 Å². The van der Waals surface area contributed by atoms with E-state index >= 15 is 0 Å². The van der Waals surface area contributed by atoms with E-state index in [1.165, 1.54) is 16.7 Å². The second kappa shape index (κ2) is 12.4. The van der Waals surface area contributed by atoms with Gasteiger partial charge in [0.15, 0.2) is 9.84 Å². The Morgan fingerprint density at radius 3 is 2.47 bits per heavy atom. The molecule has 1 saturated heterocycles. The van der Waals surface area contributed by atoms with Crippen LogP contribution in [-0.4, -0.2) is 67.0 Å². The van der Waals surface area contributed by atoms with E-state index in [9.17, 15) is 22.8 Å². The van der Waals surface area contributed by atoms with Gasteiger partial charge in [0.05, 0.1) is 22.6 Å². The molecular weight excluding hydrogens is 508 g/mol. The lowest BCUT2D eigenvalue weighted by atomic mass is 10.1. The monoisotopic (exact) mass is 540 g/mol. The number of carbonyl (C=O) groups excluding carboxylic acids is 2. The Hall–Kier alpha value is -3.49. The van der Waals surface area contributed by atoms with E-state index < -0.39 is 21.3 Å². The van der Waals surface area contributed by atoms with E-state index in [1.807, 2.05) is 6.07 Å². The number of fused-ring (bicyclic) bond motifs is 1. The average Bonchev–Trinajstić information content (AvgIpc) is 2.93. The number of rotatable bonds is 10. The van der Waals surface area contributed by atoms with E-state index in [0.717, 1.165) is 5.56 Å². The van der Waals surface area contributed by atoms with Crippen molar-refractivity contribution in [2.24, 2.45) is 0 Å². The van der Waals surface area contributed by atoms with E-state index in [2.05, 4.69) is 5.32 Å². The van der Waals surface area contributed by atoms with Crippen molar-refractivity contribution in [3.8, 4) is 6.07 Å². The molecule has 2 aliphatic rings. The molecule has 0 bridgehead atoms. The topological polar surface area (TPSA) is 139 Å². The average molecular weight is 541 g/mol. The number of nitrogens with one attached hydrogen (secondary N) is 1. The largest absolute Gasteiger partial charge is 0.381 e. The van der Waals surface area contributed by atoms with E-state index in [1.54, 1.807) is 29.2 Å². The number of hydrogen-bond donors (Lipinski definition) is 1. The molecule has 202 valence electrons. The zero-order valence-electron chi connectivity index (χ0n) is 21.2. The molecule has 1 aromatic heterocycles. The number of nitrogens with zero attached hydrogens (tertiary/aromatic N) is 3. The summed E-state index contributed by atoms with van der Waals surface area (Å²) >= 11 is 0. The highest BCUT2D eigenvalue weighted by molar-refractivity contribution is 7.92. The third-order valence-electron chi connectivity index (χ3n) is 7.09. The van der Waals surface area contributed by atoms with Crippen molar-refractivity contribution in [3.63, 3.8) is 0 Å². The number of sulfone groups is 1. The second-order valence-electron chi connectivity index (χ2n) is 9.61. The summed E-state index contributed by atoms with van der Waals surface area (Å²) < 4.78 is 31.6. The molecule has 0 spiro atoms. The molecule has 1 N–H and O–H groups in total. The van der Waals surface area contributed by atoms with E-state index in [4.69, 9.17) is 10.00 Å². The summed E-state index contributed by atoms with van der Waals surface area (Å²) in [6.07, 6.45) is 3.04. The van der Waals surface area contributed by atoms with Crippen LogP contribution < -0.4 is 10.9 Å². The smallest absolute Gasteiger partial charge is 0.270 e. The first kappa shape index (κ1) is 27.5. The summed E-state index contributed by atoms with van der Waals surface area (Å²) in [6, 6.07) is 11.7. The van der Waals surface area contributed by atoms with Gasteiger partial charge in [0, 0.05) is 39.4 Å². The third-order valence-corrected chi connectivity index (χ3v) is 9.43. The summed E-state index contributed by atoms with van der Waals surface area (Å²) in [6.45, 7) is 2.32. The van der Waals surface area contributed by atoms with Gasteiger partial charge in [-0.05, 0) is 55.5 Å². The van der Waals surface area contributed by atoms with E-state index in [0.29, 0.717) is 64.0 Å². The van der Waals surface area contributed by atoms with Crippen LogP contribution in [0.15, 0.2) is 41.2 Å². The maximum Gasteiger partial charge on any atom is 0.270 e. The molecular formula is C27H32N4O6S. The molecule has 2 aliphatic heterocycles. The van der Waals surface area contributed by atoms with Crippen molar-refractivity contribution in [2.45, 2.75) is 50.4 Å². The summed E-state index contributed by atoms with van der Waals surface area (Å²) in [5.74, 6) is -0.646. The Morgan fingerprint density at radius 1 is 1.03 bits per heavy atom. The molecule has 1 fully saturated rings. The Kier molecular flexibility index (Phi) is 8.97. The van der Waals surface area contributed by atoms with Crippen molar-refractivity contribution in [1.82, 2.24) is 14.8 Å². The quantitative estimate of drug-likeness (QED) is 0.454. The van der Waals surface area contributed by atoms with Crippen molar-refractivity contribution in [3.05, 3.63) is 69.1 Å². The first-order valence-corrected chi connectivity index (χ1v) is 14.6. The third kappa shape index (κ3) is 6.49. The van der Waals surface area contributed by atoms with Crippen LogP contribution in [0.1, 0.15) is 64.1 Å². The zero-order valence-corrected chi connectivity index (χ0v) is 22.0. The van der Waals surface area contributed by atoms with Gasteiger partial charge < -0.3 is 19.5 Å². The Morgan fingerprint density at radius 2 is 1.76 bits per heavy atom. The standard InChI is InChI=1S/C27H32N4O6S/c28-18-20-4-6-21(7-5-20)19-29-25(32)23-8-9-24-27(34)30(13-14-31(24)26(23)33)12-2-1-3-17-38(35,36)22-10-15-37-16-11-22/h4-9,22H,1-3,10-17,19H2,(H,29,32). The number of aromatic nitrogens is 1. The Balaban J connectivity index is 1.28. The fraction of sp³-hybridized carbons (Fsp3) is 0.481. The first-order valence-electron chi connectivity index (χ1n) is 12.9. The SMILES string of the molecule is N#Cc1ccc(CNC(=O)c2ccc3n(c2=O)CCN(CCCCCS(=O)(=O)C2CCOCC2)C3=O)cc1. The molecule has 0 unspecified atom stereocenters. The molecule has 4 rings (SSSR count). The van der Waals surface area contributed by atoms with Crippen LogP contribution >= 0.6 is 0 Å². The summed E-state index contributed by atoms with van der Waals surface area (Å²) in [4.78, 5) is 40.3. The minimum Gasteiger partial charge on any atom is -0.381 e. The van der Waals surface area contributed by atoms with Gasteiger partial charge >= 0.3 is 0 Å². The molecule has 0 radical (unpaired) electrons. The normalized spacial score (nSPS) is 16.1. The predicted octanol–water partition coefficient (Wildman–Crippen LogP) is 1.87. The van der Waals surface area contributed by atoms with Gasteiger partial charge in [0.1, 0.15) is 11.3 Å². The molecule has 38 heavy (non-hydrogen) atoms. The number of benzene rings is 1. The zero-order chi connectivity index (χ0) is 27.1. The highest BCUT2D eigenvalue weighted by Crippen LogP contribution is 2.18. The Bertz CT molecular complexity index is 1370. The van der Waals surface area contributed by atoms with Crippen molar-refractivity contribution in [1.29, 1.82) is 5.26 Å². The van der Waals surface area contributed by atoms with Gasteiger partial charge in [0.25, 0.3) is 17.4 Å². The first-order chi connectivity index (χ1) is 18.3. The minimum absolute atomic E-state index is 0.0330. The molecule has 3 heterocycles. The lowest BCUT2D eigenvalue weighted by molar-refractivity contribution is 0.0695. The number of hydrogen-bond acceptors (Lipinski definition) is 7. The lowest BCUT2D eigenvalue weighted by Gasteiger charge is -2.29. The molecule has 0 aliphatic carbocycles. The number of ether oxygens (including phenoxy) is 1. The fourth-order valence-corrected chi connectivity index (χ4v) is 6.67. The van der Waals surface area contributed by atoms with Gasteiger partial charge in [0.2, 0.25) is 0 Å². The highest BCUT2D eigenvalue weighted by Gasteiger charge is 2.28. The molecule has 0 atom stereocenters. The maximum absolute atomic E-state index is 13.0. The van der Waals surface area contributed by atoms with Crippen LogP contribution in [0.2, 0.25) is 0 Å². The van der Waals surface area contributed by atoms with E-state index in [-0.39, 0.29) is 41.3 Å². The Labute approximate surface area is 222 Å². The van der Waals surface area contributed by atoms with Crippen LogP contribution in [0.25, 0.3) is 0 Å². The van der Waals surface area contributed by atoms with Gasteiger partial charge in [-0.1, -0.05) is 18.6 Å². The molecule has 2 amide bonds. The highest BCUT2D eigenvalue weighted by atomic mass is 32.2. The maximum atomic E-state index is 13.0. The number of unbranched alkanes of at least 4 members (excludes halogenated alkanes) is 2. The van der Waals surface area contributed by atoms with Crippen LogP contribution in [0.5, 0.6) is 0 Å². The van der Waals surface area contributed by atoms with Crippen molar-refractivity contribution >= 4 is 21.7 Å². The number of pyridine rings is 1. The van der Waals surface area contributed by atoms with Crippen molar-refractivity contribution in [2.75, 3.05) is 32.1 Å². The summed E-state index contributed by atoms with van der Waals surface area (Å²) in [7, 11) is -3.12. The molecule has 1 aromatic carbocycles. The number of nitriles is 1. The van der Waals surface area contributed by atoms with Crippen LogP contribution in [0, 0.1) is 11.3 Å². The molecule has 10 nitrogen and oxygen atoms in total. The molecule has 2 aromatic rings. The fourth-order valence-electron chi connectivity index (χ4n) is 4.82. The lowest BCUT2D eigenvalue weighted by Crippen LogP contribution is -2.46. The van der Waals surface area contributed by atoms with Crippen molar-refractivity contribution < 1.29 is 22.7 Å². The van der Waals surface area contributed by atoms with Crippen LogP contribution in [0.3, 0.4) is 0 Å². The van der Waals surface area contributed by atoms with Gasteiger partial charge in [-0.15, -0.1) is 0 Å².